The first-order chi connectivity index (χ1) is 8.63. The molecule has 0 saturated carbocycles. The Kier molecular flexibility index (Phi) is 5.91. The average Bonchev–Trinajstić information content (AvgIpc) is 2.36. The number of hydrazone groups is 1. The highest BCUT2D eigenvalue weighted by atomic mass is 16.3. The monoisotopic (exact) mass is 248 g/mol. The third-order valence-corrected chi connectivity index (χ3v) is 2.62. The van der Waals surface area contributed by atoms with Crippen molar-refractivity contribution in [1.29, 1.82) is 0 Å². The van der Waals surface area contributed by atoms with Gasteiger partial charge in [0.15, 0.2) is 0 Å². The Morgan fingerprint density at radius 1 is 1.39 bits per heavy atom. The van der Waals surface area contributed by atoms with Gasteiger partial charge in [-0.25, -0.2) is 5.43 Å². The summed E-state index contributed by atoms with van der Waals surface area (Å²) in [5, 5.41) is 13.4. The number of hydrogen-bond donors (Lipinski definition) is 2. The van der Waals surface area contributed by atoms with E-state index < -0.39 is 0 Å². The summed E-state index contributed by atoms with van der Waals surface area (Å²) >= 11 is 0. The van der Waals surface area contributed by atoms with Gasteiger partial charge in [0, 0.05) is 12.0 Å². The summed E-state index contributed by atoms with van der Waals surface area (Å²) in [5.74, 6) is 0.124. The predicted molar refractivity (Wildman–Crippen MR) is 72.6 cm³/mol. The summed E-state index contributed by atoms with van der Waals surface area (Å²) in [4.78, 5) is 11.5. The number of phenols is 1. The van der Waals surface area contributed by atoms with Gasteiger partial charge in [-0.1, -0.05) is 31.9 Å². The summed E-state index contributed by atoms with van der Waals surface area (Å²) in [6.45, 7) is 3.89. The molecule has 0 atom stereocenters. The maximum atomic E-state index is 11.5. The minimum atomic E-state index is -0.0667. The number of hydrogen-bond acceptors (Lipinski definition) is 3. The maximum Gasteiger partial charge on any atom is 0.240 e. The number of nitrogens with zero attached hydrogens (tertiary/aromatic N) is 1. The average molecular weight is 248 g/mol. The Morgan fingerprint density at radius 3 is 2.83 bits per heavy atom. The lowest BCUT2D eigenvalue weighted by Gasteiger charge is -2.03. The van der Waals surface area contributed by atoms with Crippen molar-refractivity contribution < 1.29 is 9.90 Å². The van der Waals surface area contributed by atoms with Crippen LogP contribution in [-0.4, -0.2) is 16.7 Å². The predicted octanol–water partition coefficient (Wildman–Crippen LogP) is 2.81. The molecule has 0 bridgehead atoms. The minimum Gasteiger partial charge on any atom is -0.508 e. The molecule has 1 rings (SSSR count). The fourth-order valence-electron chi connectivity index (χ4n) is 1.53. The number of nitrogens with one attached hydrogen (secondary N) is 1. The molecule has 18 heavy (non-hydrogen) atoms. The molecule has 4 heteroatoms. The van der Waals surface area contributed by atoms with E-state index in [0.29, 0.717) is 12.1 Å². The molecule has 98 valence electrons. The molecule has 1 amide bonds. The van der Waals surface area contributed by atoms with E-state index in [0.717, 1.165) is 24.8 Å². The van der Waals surface area contributed by atoms with Gasteiger partial charge in [0.05, 0.1) is 5.71 Å². The zero-order valence-electron chi connectivity index (χ0n) is 10.9. The van der Waals surface area contributed by atoms with Crippen LogP contribution in [0.1, 0.15) is 45.1 Å². The van der Waals surface area contributed by atoms with Crippen LogP contribution in [0.2, 0.25) is 0 Å². The second-order valence-electron chi connectivity index (χ2n) is 4.24. The minimum absolute atomic E-state index is 0.0667. The fourth-order valence-corrected chi connectivity index (χ4v) is 1.53. The summed E-state index contributed by atoms with van der Waals surface area (Å²) in [6, 6.07) is 6.79. The second-order valence-corrected chi connectivity index (χ2v) is 4.24. The van der Waals surface area contributed by atoms with E-state index in [1.165, 1.54) is 0 Å². The highest BCUT2D eigenvalue weighted by Crippen LogP contribution is 2.11. The Bertz CT molecular complexity index is 428. The molecule has 0 aliphatic heterocycles. The molecule has 2 N–H and O–H groups in total. The van der Waals surface area contributed by atoms with E-state index >= 15 is 0 Å². The van der Waals surface area contributed by atoms with Crippen molar-refractivity contribution in [2.24, 2.45) is 5.10 Å². The molecule has 0 radical (unpaired) electrons. The molecule has 0 spiro atoms. The molecule has 1 aromatic rings. The van der Waals surface area contributed by atoms with Crippen molar-refractivity contribution in [3.05, 3.63) is 29.8 Å². The summed E-state index contributed by atoms with van der Waals surface area (Å²) in [6.07, 6.45) is 3.55. The number of phenolic OH excluding ortho intramolecular Hbond substituents is 1. The summed E-state index contributed by atoms with van der Waals surface area (Å²) in [5.41, 5.74) is 4.00. The molecule has 0 aliphatic carbocycles. The van der Waals surface area contributed by atoms with Crippen LogP contribution < -0.4 is 5.43 Å². The van der Waals surface area contributed by atoms with Gasteiger partial charge < -0.3 is 5.11 Å². The molecule has 0 heterocycles. The quantitative estimate of drug-likeness (QED) is 0.462. The van der Waals surface area contributed by atoms with Gasteiger partial charge in [-0.05, 0) is 25.5 Å². The standard InChI is InChI=1S/C14H20N2O2/c1-3-4-5-9-14(18)16-15-11(2)12-7-6-8-13(17)10-12/h6-8,10,17H,3-5,9H2,1-2H3,(H,16,18). The zero-order valence-corrected chi connectivity index (χ0v) is 10.9. The van der Waals surface area contributed by atoms with Crippen LogP contribution in [0.3, 0.4) is 0 Å². The summed E-state index contributed by atoms with van der Waals surface area (Å²) in [7, 11) is 0. The highest BCUT2D eigenvalue weighted by Gasteiger charge is 2.01. The van der Waals surface area contributed by atoms with Crippen molar-refractivity contribution >= 4 is 11.6 Å². The van der Waals surface area contributed by atoms with Gasteiger partial charge in [0.1, 0.15) is 5.75 Å². The Labute approximate surface area is 108 Å². The Balaban J connectivity index is 2.49. The first-order valence-electron chi connectivity index (χ1n) is 6.26. The van der Waals surface area contributed by atoms with Gasteiger partial charge in [0.2, 0.25) is 5.91 Å². The first kappa shape index (κ1) is 14.2. The highest BCUT2D eigenvalue weighted by molar-refractivity contribution is 5.99. The number of aromatic hydroxyl groups is 1. The van der Waals surface area contributed by atoms with E-state index in [9.17, 15) is 9.90 Å². The number of benzene rings is 1. The van der Waals surface area contributed by atoms with Crippen LogP contribution in [0.4, 0.5) is 0 Å². The molecule has 0 fully saturated rings. The van der Waals surface area contributed by atoms with Gasteiger partial charge in [0.25, 0.3) is 0 Å². The molecule has 0 aliphatic rings. The topological polar surface area (TPSA) is 61.7 Å². The van der Waals surface area contributed by atoms with Crippen molar-refractivity contribution in [2.45, 2.75) is 39.5 Å². The maximum absolute atomic E-state index is 11.5. The van der Waals surface area contributed by atoms with Crippen LogP contribution in [-0.2, 0) is 4.79 Å². The number of carbonyl (C=O) groups is 1. The number of carbonyl (C=O) groups excluding carboxylic acids is 1. The summed E-state index contributed by atoms with van der Waals surface area (Å²) < 4.78 is 0. The van der Waals surface area contributed by atoms with Crippen molar-refractivity contribution in [1.82, 2.24) is 5.43 Å². The largest absolute Gasteiger partial charge is 0.508 e. The Morgan fingerprint density at radius 2 is 2.17 bits per heavy atom. The van der Waals surface area contributed by atoms with Crippen LogP contribution in [0, 0.1) is 0 Å². The zero-order chi connectivity index (χ0) is 13.4. The molecule has 0 saturated heterocycles. The van der Waals surface area contributed by atoms with Crippen LogP contribution in [0.5, 0.6) is 5.75 Å². The third kappa shape index (κ3) is 4.99. The van der Waals surface area contributed by atoms with Crippen LogP contribution in [0.25, 0.3) is 0 Å². The Hall–Kier alpha value is -1.84. The smallest absolute Gasteiger partial charge is 0.240 e. The normalized spacial score (nSPS) is 11.3. The van der Waals surface area contributed by atoms with Crippen molar-refractivity contribution in [2.75, 3.05) is 0 Å². The SMILES string of the molecule is CCCCCC(=O)NN=C(C)c1cccc(O)c1. The van der Waals surface area contributed by atoms with E-state index in [1.807, 2.05) is 6.07 Å². The van der Waals surface area contributed by atoms with E-state index in [1.54, 1.807) is 25.1 Å². The van der Waals surface area contributed by atoms with Gasteiger partial charge >= 0.3 is 0 Å². The molecule has 0 aromatic heterocycles. The van der Waals surface area contributed by atoms with Crippen molar-refractivity contribution in [3.63, 3.8) is 0 Å². The fraction of sp³-hybridized carbons (Fsp3) is 0.429. The lowest BCUT2D eigenvalue weighted by Crippen LogP contribution is -2.18. The molecular weight excluding hydrogens is 228 g/mol. The number of unbranched alkanes of at least 4 members (excludes halogenated alkanes) is 2. The molecule has 1 aromatic carbocycles. The lowest BCUT2D eigenvalue weighted by molar-refractivity contribution is -0.121. The van der Waals surface area contributed by atoms with E-state index in [-0.39, 0.29) is 11.7 Å². The van der Waals surface area contributed by atoms with Gasteiger partial charge in [-0.3, -0.25) is 4.79 Å². The number of amides is 1. The van der Waals surface area contributed by atoms with E-state index in [4.69, 9.17) is 0 Å². The second kappa shape index (κ2) is 7.48. The lowest BCUT2D eigenvalue weighted by atomic mass is 10.1. The first-order valence-corrected chi connectivity index (χ1v) is 6.26. The van der Waals surface area contributed by atoms with Gasteiger partial charge in [-0.15, -0.1) is 0 Å². The van der Waals surface area contributed by atoms with Crippen LogP contribution in [0.15, 0.2) is 29.4 Å². The van der Waals surface area contributed by atoms with Crippen molar-refractivity contribution in [3.8, 4) is 5.75 Å². The third-order valence-electron chi connectivity index (χ3n) is 2.62. The molecular formula is C14H20N2O2. The molecule has 4 nitrogen and oxygen atoms in total. The van der Waals surface area contributed by atoms with Crippen LogP contribution >= 0.6 is 0 Å². The van der Waals surface area contributed by atoms with Gasteiger partial charge in [-0.2, -0.15) is 5.10 Å². The molecule has 0 unspecified atom stereocenters. The van der Waals surface area contributed by atoms with E-state index in [2.05, 4.69) is 17.5 Å². The number of rotatable bonds is 6.